The molecule has 1 aliphatic rings. The van der Waals surface area contributed by atoms with Gasteiger partial charge in [-0.15, -0.1) is 0 Å². The van der Waals surface area contributed by atoms with Crippen molar-refractivity contribution in [3.63, 3.8) is 0 Å². The molecule has 1 N–H and O–H groups in total. The Bertz CT molecular complexity index is 1300. The monoisotopic (exact) mass is 527 g/mol. The van der Waals surface area contributed by atoms with Crippen LogP contribution >= 0.6 is 0 Å². The minimum absolute atomic E-state index is 0.134. The summed E-state index contributed by atoms with van der Waals surface area (Å²) in [6.07, 6.45) is -5.05. The van der Waals surface area contributed by atoms with Crippen molar-refractivity contribution in [2.24, 2.45) is 5.41 Å². The predicted molar refractivity (Wildman–Crippen MR) is 125 cm³/mol. The number of nitrogens with one attached hydrogen (secondary N) is 1. The van der Waals surface area contributed by atoms with Crippen LogP contribution in [0.4, 0.5) is 27.8 Å². The zero-order valence-electron chi connectivity index (χ0n) is 20.6. The van der Waals surface area contributed by atoms with Crippen molar-refractivity contribution in [2.75, 3.05) is 46.0 Å². The maximum atomic E-state index is 14.8. The van der Waals surface area contributed by atoms with Gasteiger partial charge in [-0.2, -0.15) is 13.2 Å². The Morgan fingerprint density at radius 2 is 1.78 bits per heavy atom. The number of hydrogen-bond acceptors (Lipinski definition) is 7. The number of nitrogens with zero attached hydrogens (tertiary/aromatic N) is 2. The van der Waals surface area contributed by atoms with Crippen LogP contribution in [-0.4, -0.2) is 50.6 Å². The van der Waals surface area contributed by atoms with E-state index < -0.39 is 35.0 Å². The Hall–Kier alpha value is -3.25. The highest BCUT2D eigenvalue weighted by molar-refractivity contribution is 5.92. The number of alkyl halides is 3. The van der Waals surface area contributed by atoms with Gasteiger partial charge < -0.3 is 24.3 Å². The van der Waals surface area contributed by atoms with Crippen molar-refractivity contribution >= 4 is 16.7 Å². The van der Waals surface area contributed by atoms with E-state index in [2.05, 4.69) is 15.3 Å². The second-order valence-electron chi connectivity index (χ2n) is 9.07. The first kappa shape index (κ1) is 26.8. The number of halogens is 5. The lowest BCUT2D eigenvalue weighted by atomic mass is 9.88. The molecule has 0 unspecified atom stereocenters. The van der Waals surface area contributed by atoms with Crippen LogP contribution in [0.15, 0.2) is 24.3 Å². The lowest BCUT2D eigenvalue weighted by molar-refractivity contribution is -0.159. The minimum Gasteiger partial charge on any atom is -0.493 e. The van der Waals surface area contributed by atoms with Crippen molar-refractivity contribution in [2.45, 2.75) is 26.1 Å². The Morgan fingerprint density at radius 1 is 1.05 bits per heavy atom. The van der Waals surface area contributed by atoms with E-state index in [-0.39, 0.29) is 23.9 Å². The smallest absolute Gasteiger partial charge is 0.419 e. The van der Waals surface area contributed by atoms with Crippen LogP contribution in [-0.2, 0) is 15.7 Å². The van der Waals surface area contributed by atoms with E-state index in [1.807, 2.05) is 0 Å². The van der Waals surface area contributed by atoms with Crippen LogP contribution < -0.4 is 14.8 Å². The number of ether oxygens (including phenoxy) is 4. The molecule has 7 nitrogen and oxygen atoms in total. The first-order valence-corrected chi connectivity index (χ1v) is 11.3. The molecule has 1 aromatic heterocycles. The predicted octanol–water partition coefficient (Wildman–Crippen LogP) is 5.46. The van der Waals surface area contributed by atoms with E-state index in [1.165, 1.54) is 14.0 Å². The average molecular weight is 527 g/mol. The van der Waals surface area contributed by atoms with Gasteiger partial charge in [-0.05, 0) is 32.0 Å². The van der Waals surface area contributed by atoms with E-state index >= 15 is 0 Å². The maximum Gasteiger partial charge on any atom is 0.419 e. The third-order valence-electron chi connectivity index (χ3n) is 6.08. The summed E-state index contributed by atoms with van der Waals surface area (Å²) in [5.41, 5.74) is -2.02. The standard InChI is InChI=1S/C25H26F5N3O4/c1-13(16-5-15(26)6-18(22(16)27)25(28,29)30)31-23-17-7-21(37-12-24(9-34-3)10-36-11-24)20(35-4)8-19(17)32-14(2)33-23/h5-8,13H,9-12H2,1-4H3,(H,31,32,33)/t13-/m1/s1. The van der Waals surface area contributed by atoms with Gasteiger partial charge in [0.2, 0.25) is 0 Å². The molecule has 1 atom stereocenters. The van der Waals surface area contributed by atoms with Crippen LogP contribution in [0, 0.1) is 24.0 Å². The Labute approximate surface area is 209 Å². The van der Waals surface area contributed by atoms with Gasteiger partial charge in [-0.3, -0.25) is 0 Å². The summed E-state index contributed by atoms with van der Waals surface area (Å²) in [6, 6.07) is 3.06. The largest absolute Gasteiger partial charge is 0.493 e. The molecule has 0 spiro atoms. The summed E-state index contributed by atoms with van der Waals surface area (Å²) in [5.74, 6) is -1.43. The Balaban J connectivity index is 1.70. The molecule has 1 saturated heterocycles. The van der Waals surface area contributed by atoms with Gasteiger partial charge in [0.15, 0.2) is 11.5 Å². The van der Waals surface area contributed by atoms with Crippen LogP contribution in [0.5, 0.6) is 11.5 Å². The molecule has 4 rings (SSSR count). The summed E-state index contributed by atoms with van der Waals surface area (Å²) in [6.45, 7) is 4.71. The molecule has 2 aromatic carbocycles. The number of benzene rings is 2. The highest BCUT2D eigenvalue weighted by Crippen LogP contribution is 2.39. The van der Waals surface area contributed by atoms with Crippen LogP contribution in [0.2, 0.25) is 0 Å². The molecule has 0 radical (unpaired) electrons. The van der Waals surface area contributed by atoms with E-state index in [9.17, 15) is 22.0 Å². The molecule has 200 valence electrons. The second-order valence-corrected chi connectivity index (χ2v) is 9.07. The molecular weight excluding hydrogens is 501 g/mol. The van der Waals surface area contributed by atoms with Crippen molar-refractivity contribution in [1.29, 1.82) is 0 Å². The number of rotatable bonds is 9. The van der Waals surface area contributed by atoms with Crippen LogP contribution in [0.3, 0.4) is 0 Å². The van der Waals surface area contributed by atoms with Gasteiger partial charge in [0.25, 0.3) is 0 Å². The highest BCUT2D eigenvalue weighted by Gasteiger charge is 2.40. The van der Waals surface area contributed by atoms with Gasteiger partial charge in [-0.1, -0.05) is 0 Å². The molecule has 0 bridgehead atoms. The molecule has 0 aliphatic carbocycles. The Morgan fingerprint density at radius 3 is 2.38 bits per heavy atom. The topological polar surface area (TPSA) is 74.7 Å². The zero-order valence-corrected chi connectivity index (χ0v) is 20.6. The van der Waals surface area contributed by atoms with Crippen molar-refractivity contribution < 1.29 is 40.9 Å². The fourth-order valence-corrected chi connectivity index (χ4v) is 4.19. The minimum atomic E-state index is -5.05. The lowest BCUT2D eigenvalue weighted by Crippen LogP contribution is -2.50. The van der Waals surface area contributed by atoms with E-state index in [1.54, 1.807) is 26.2 Å². The normalized spacial score (nSPS) is 15.8. The fourth-order valence-electron chi connectivity index (χ4n) is 4.19. The first-order valence-electron chi connectivity index (χ1n) is 11.3. The van der Waals surface area contributed by atoms with Crippen molar-refractivity contribution in [3.8, 4) is 11.5 Å². The van der Waals surface area contributed by atoms with Gasteiger partial charge in [0.1, 0.15) is 29.9 Å². The lowest BCUT2D eigenvalue weighted by Gasteiger charge is -2.40. The van der Waals surface area contributed by atoms with Crippen LogP contribution in [0.25, 0.3) is 10.9 Å². The number of aromatic nitrogens is 2. The first-order chi connectivity index (χ1) is 17.5. The van der Waals surface area contributed by atoms with Gasteiger partial charge >= 0.3 is 6.18 Å². The quantitative estimate of drug-likeness (QED) is 0.371. The number of fused-ring (bicyclic) bond motifs is 1. The fraction of sp³-hybridized carbons (Fsp3) is 0.440. The molecule has 37 heavy (non-hydrogen) atoms. The summed E-state index contributed by atoms with van der Waals surface area (Å²) < 4.78 is 90.5. The van der Waals surface area contributed by atoms with Crippen molar-refractivity contribution in [1.82, 2.24) is 9.97 Å². The summed E-state index contributed by atoms with van der Waals surface area (Å²) in [7, 11) is 3.07. The third kappa shape index (κ3) is 5.54. The SMILES string of the molecule is COCC1(COc2cc3c(N[C@H](C)c4cc(F)cc(C(F)(F)F)c4F)nc(C)nc3cc2OC)COC1. The third-order valence-corrected chi connectivity index (χ3v) is 6.08. The van der Waals surface area contributed by atoms with E-state index in [0.29, 0.717) is 48.0 Å². The van der Waals surface area contributed by atoms with Crippen molar-refractivity contribution in [3.05, 3.63) is 52.9 Å². The molecule has 12 heteroatoms. The number of aryl methyl sites for hydroxylation is 1. The summed E-state index contributed by atoms with van der Waals surface area (Å²) >= 11 is 0. The molecule has 1 fully saturated rings. The highest BCUT2D eigenvalue weighted by atomic mass is 19.4. The second kappa shape index (κ2) is 10.3. The van der Waals surface area contributed by atoms with E-state index in [4.69, 9.17) is 18.9 Å². The van der Waals surface area contributed by atoms with Gasteiger partial charge in [0, 0.05) is 24.1 Å². The molecule has 2 heterocycles. The molecular formula is C25H26F5N3O4. The molecule has 1 aliphatic heterocycles. The Kier molecular flexibility index (Phi) is 7.43. The van der Waals surface area contributed by atoms with Gasteiger partial charge in [-0.25, -0.2) is 18.7 Å². The average Bonchev–Trinajstić information content (AvgIpc) is 2.80. The maximum absolute atomic E-state index is 14.8. The van der Waals surface area contributed by atoms with Gasteiger partial charge in [0.05, 0.1) is 49.5 Å². The molecule has 3 aromatic rings. The number of anilines is 1. The molecule has 0 saturated carbocycles. The summed E-state index contributed by atoms with van der Waals surface area (Å²) in [4.78, 5) is 8.76. The number of methoxy groups -OCH3 is 2. The molecule has 0 amide bonds. The van der Waals surface area contributed by atoms with Crippen LogP contribution in [0.1, 0.15) is 29.9 Å². The van der Waals surface area contributed by atoms with E-state index in [0.717, 1.165) is 6.07 Å². The number of hydrogen-bond donors (Lipinski definition) is 1. The zero-order chi connectivity index (χ0) is 27.0. The summed E-state index contributed by atoms with van der Waals surface area (Å²) in [5, 5.41) is 3.36.